The van der Waals surface area contributed by atoms with Crippen molar-refractivity contribution in [3.63, 3.8) is 0 Å². The Hall–Kier alpha value is -1.40. The number of aryl methyl sites for hydroxylation is 1. The first-order valence-electron chi connectivity index (χ1n) is 6.06. The molecule has 1 aromatic carbocycles. The number of sulfonamides is 1. The van der Waals surface area contributed by atoms with E-state index >= 15 is 0 Å². The predicted molar refractivity (Wildman–Crippen MR) is 72.4 cm³/mol. The maximum absolute atomic E-state index is 12.3. The molecule has 1 rings (SSSR count). The van der Waals surface area contributed by atoms with Crippen LogP contribution in [0.15, 0.2) is 29.2 Å². The normalized spacial score (nSPS) is 14.9. The highest BCUT2D eigenvalue weighted by Gasteiger charge is 2.37. The van der Waals surface area contributed by atoms with E-state index in [1.165, 1.54) is 13.0 Å². The molecule has 0 aromatic heterocycles. The molecule has 0 radical (unpaired) electrons. The summed E-state index contributed by atoms with van der Waals surface area (Å²) in [6.07, 6.45) is 0.798. The Morgan fingerprint density at radius 2 is 1.95 bits per heavy atom. The van der Waals surface area contributed by atoms with Crippen LogP contribution in [0.2, 0.25) is 0 Å². The van der Waals surface area contributed by atoms with Crippen LogP contribution < -0.4 is 4.72 Å². The van der Waals surface area contributed by atoms with Crippen molar-refractivity contribution in [3.05, 3.63) is 29.8 Å². The summed E-state index contributed by atoms with van der Waals surface area (Å²) in [5, 5.41) is 9.22. The number of carbonyl (C=O) groups is 1. The van der Waals surface area contributed by atoms with E-state index in [1.54, 1.807) is 25.1 Å². The first-order valence-corrected chi connectivity index (χ1v) is 7.54. The summed E-state index contributed by atoms with van der Waals surface area (Å²) in [4.78, 5) is 11.4. The molecule has 1 atom stereocenters. The molecule has 1 aromatic rings. The van der Waals surface area contributed by atoms with E-state index in [0.717, 1.165) is 0 Å². The van der Waals surface area contributed by atoms with Crippen molar-refractivity contribution in [1.29, 1.82) is 0 Å². The summed E-state index contributed by atoms with van der Waals surface area (Å²) in [6, 6.07) is 6.48. The molecule has 6 heteroatoms. The van der Waals surface area contributed by atoms with E-state index < -0.39 is 21.5 Å². The zero-order valence-corrected chi connectivity index (χ0v) is 12.1. The molecule has 0 heterocycles. The monoisotopic (exact) mass is 285 g/mol. The third kappa shape index (κ3) is 3.54. The number of nitrogens with one attached hydrogen (secondary N) is 1. The van der Waals surface area contributed by atoms with Gasteiger partial charge in [-0.3, -0.25) is 4.79 Å². The first-order chi connectivity index (χ1) is 8.73. The average Bonchev–Trinajstić information content (AvgIpc) is 2.28. The number of benzene rings is 1. The van der Waals surface area contributed by atoms with Gasteiger partial charge >= 0.3 is 5.97 Å². The average molecular weight is 285 g/mol. The van der Waals surface area contributed by atoms with Crippen molar-refractivity contribution < 1.29 is 18.3 Å². The van der Waals surface area contributed by atoms with Crippen LogP contribution in [0, 0.1) is 6.92 Å². The van der Waals surface area contributed by atoms with Crippen LogP contribution in [0.1, 0.15) is 32.3 Å². The largest absolute Gasteiger partial charge is 0.480 e. The van der Waals surface area contributed by atoms with Crippen molar-refractivity contribution in [2.24, 2.45) is 0 Å². The summed E-state index contributed by atoms with van der Waals surface area (Å²) in [7, 11) is -3.85. The van der Waals surface area contributed by atoms with Crippen molar-refractivity contribution in [2.75, 3.05) is 0 Å². The Labute approximate surface area is 113 Å². The van der Waals surface area contributed by atoms with E-state index in [9.17, 15) is 18.3 Å². The quantitative estimate of drug-likeness (QED) is 0.836. The number of rotatable bonds is 6. The molecule has 0 aliphatic carbocycles. The molecule has 5 nitrogen and oxygen atoms in total. The van der Waals surface area contributed by atoms with Crippen molar-refractivity contribution in [1.82, 2.24) is 4.72 Å². The van der Waals surface area contributed by atoms with Crippen molar-refractivity contribution >= 4 is 16.0 Å². The van der Waals surface area contributed by atoms with Gasteiger partial charge in [0, 0.05) is 0 Å². The lowest BCUT2D eigenvalue weighted by molar-refractivity contribution is -0.143. The number of aliphatic carboxylic acids is 1. The smallest absolute Gasteiger partial charge is 0.324 e. The summed E-state index contributed by atoms with van der Waals surface area (Å²) in [5.41, 5.74) is -0.908. The van der Waals surface area contributed by atoms with Crippen molar-refractivity contribution in [3.8, 4) is 0 Å². The highest BCUT2D eigenvalue weighted by Crippen LogP contribution is 2.20. The van der Waals surface area contributed by atoms with Crippen LogP contribution in [0.4, 0.5) is 0 Å². The van der Waals surface area contributed by atoms with Gasteiger partial charge in [-0.15, -0.1) is 0 Å². The van der Waals surface area contributed by atoms with Crippen LogP contribution in [-0.2, 0) is 14.8 Å². The van der Waals surface area contributed by atoms with E-state index in [2.05, 4.69) is 4.72 Å². The molecule has 0 aliphatic heterocycles. The lowest BCUT2D eigenvalue weighted by atomic mass is 9.98. The van der Waals surface area contributed by atoms with Crippen LogP contribution in [0.25, 0.3) is 0 Å². The molecule has 0 amide bonds. The standard InChI is InChI=1S/C13H19NO4S/c1-4-9-13(3,12(15)16)14-19(17,18)11-8-6-5-7-10(11)2/h5-8,14H,4,9H2,1-3H3,(H,15,16). The molecule has 106 valence electrons. The fourth-order valence-electron chi connectivity index (χ4n) is 1.91. The first kappa shape index (κ1) is 15.7. The van der Waals surface area contributed by atoms with Crippen LogP contribution >= 0.6 is 0 Å². The number of hydrogen-bond acceptors (Lipinski definition) is 3. The predicted octanol–water partition coefficient (Wildman–Crippen LogP) is 1.92. The Bertz CT molecular complexity index is 568. The van der Waals surface area contributed by atoms with Crippen LogP contribution in [-0.4, -0.2) is 25.0 Å². The van der Waals surface area contributed by atoms with E-state index in [1.807, 2.05) is 6.92 Å². The molecule has 0 saturated carbocycles. The van der Waals surface area contributed by atoms with Crippen LogP contribution in [0.3, 0.4) is 0 Å². The summed E-state index contributed by atoms with van der Waals surface area (Å²) in [6.45, 7) is 4.87. The van der Waals surface area contributed by atoms with E-state index in [-0.39, 0.29) is 11.3 Å². The Morgan fingerprint density at radius 1 is 1.37 bits per heavy atom. The van der Waals surface area contributed by atoms with Gasteiger partial charge < -0.3 is 5.11 Å². The minimum Gasteiger partial charge on any atom is -0.480 e. The van der Waals surface area contributed by atoms with E-state index in [0.29, 0.717) is 12.0 Å². The Balaban J connectivity index is 3.16. The topological polar surface area (TPSA) is 83.5 Å². The van der Waals surface area contributed by atoms with E-state index in [4.69, 9.17) is 0 Å². The highest BCUT2D eigenvalue weighted by atomic mass is 32.2. The van der Waals surface area contributed by atoms with Gasteiger partial charge in [0.15, 0.2) is 0 Å². The zero-order chi connectivity index (χ0) is 14.7. The second-order valence-corrected chi connectivity index (χ2v) is 6.41. The van der Waals surface area contributed by atoms with Crippen LogP contribution in [0.5, 0.6) is 0 Å². The van der Waals surface area contributed by atoms with Gasteiger partial charge in [-0.25, -0.2) is 8.42 Å². The summed E-state index contributed by atoms with van der Waals surface area (Å²) >= 11 is 0. The molecule has 0 spiro atoms. The zero-order valence-electron chi connectivity index (χ0n) is 11.3. The molecule has 0 bridgehead atoms. The highest BCUT2D eigenvalue weighted by molar-refractivity contribution is 7.89. The number of carboxylic acids is 1. The minimum atomic E-state index is -3.85. The van der Waals surface area contributed by atoms with Gasteiger partial charge in [-0.05, 0) is 31.9 Å². The molecule has 2 N–H and O–H groups in total. The van der Waals surface area contributed by atoms with Crippen molar-refractivity contribution in [2.45, 2.75) is 44.0 Å². The Kier molecular flexibility index (Phi) is 4.70. The maximum Gasteiger partial charge on any atom is 0.324 e. The molecule has 19 heavy (non-hydrogen) atoms. The Morgan fingerprint density at radius 3 is 2.42 bits per heavy atom. The number of hydrogen-bond donors (Lipinski definition) is 2. The third-order valence-electron chi connectivity index (χ3n) is 2.96. The van der Waals surface area contributed by atoms with Gasteiger partial charge in [0.1, 0.15) is 5.54 Å². The SMILES string of the molecule is CCCC(C)(NS(=O)(=O)c1ccccc1C)C(=O)O. The maximum atomic E-state index is 12.3. The lowest BCUT2D eigenvalue weighted by Crippen LogP contribution is -2.52. The number of carboxylic acid groups (broad SMARTS) is 1. The second kappa shape index (κ2) is 5.71. The lowest BCUT2D eigenvalue weighted by Gasteiger charge is -2.25. The molecule has 0 aliphatic rings. The molecular formula is C13H19NO4S. The summed E-state index contributed by atoms with van der Waals surface area (Å²) < 4.78 is 26.8. The molecule has 0 fully saturated rings. The third-order valence-corrected chi connectivity index (χ3v) is 4.72. The van der Waals surface area contributed by atoms with Gasteiger partial charge in [0.2, 0.25) is 10.0 Å². The fourth-order valence-corrected chi connectivity index (χ4v) is 3.55. The van der Waals surface area contributed by atoms with Gasteiger partial charge in [-0.1, -0.05) is 31.5 Å². The van der Waals surface area contributed by atoms with Gasteiger partial charge in [0.05, 0.1) is 4.90 Å². The molecular weight excluding hydrogens is 266 g/mol. The minimum absolute atomic E-state index is 0.110. The second-order valence-electron chi connectivity index (χ2n) is 4.76. The fraction of sp³-hybridized carbons (Fsp3) is 0.462. The van der Waals surface area contributed by atoms with Gasteiger partial charge in [-0.2, -0.15) is 4.72 Å². The van der Waals surface area contributed by atoms with Gasteiger partial charge in [0.25, 0.3) is 0 Å². The summed E-state index contributed by atoms with van der Waals surface area (Å²) in [5.74, 6) is -1.17. The molecule has 1 unspecified atom stereocenters. The molecule has 0 saturated heterocycles.